The highest BCUT2D eigenvalue weighted by atomic mass is 32.1. The first-order valence-corrected chi connectivity index (χ1v) is 8.00. The molecule has 0 heterocycles. The van der Waals surface area contributed by atoms with E-state index in [1.807, 2.05) is 19.1 Å². The second-order valence-electron chi connectivity index (χ2n) is 5.45. The number of amides is 1. The zero-order valence-corrected chi connectivity index (χ0v) is 14.6. The summed E-state index contributed by atoms with van der Waals surface area (Å²) in [4.78, 5) is 23.3. The average molecular weight is 358 g/mol. The molecule has 2 aromatic carbocycles. The van der Waals surface area contributed by atoms with E-state index in [0.717, 1.165) is 12.0 Å². The Labute approximate surface area is 150 Å². The monoisotopic (exact) mass is 358 g/mol. The number of nitrogens with one attached hydrogen (secondary N) is 2. The normalized spacial score (nSPS) is 10.2. The largest absolute Gasteiger partial charge is 0.507 e. The van der Waals surface area contributed by atoms with E-state index in [1.54, 1.807) is 19.1 Å². The van der Waals surface area contributed by atoms with Gasteiger partial charge in [0.2, 0.25) is 0 Å². The number of phenols is 1. The first-order chi connectivity index (χ1) is 11.8. The van der Waals surface area contributed by atoms with Crippen LogP contribution in [0.15, 0.2) is 36.4 Å². The van der Waals surface area contributed by atoms with Gasteiger partial charge in [-0.2, -0.15) is 0 Å². The lowest BCUT2D eigenvalue weighted by atomic mass is 10.1. The van der Waals surface area contributed by atoms with Crippen molar-refractivity contribution in [3.8, 4) is 5.75 Å². The van der Waals surface area contributed by atoms with Crippen LogP contribution in [-0.4, -0.2) is 27.2 Å². The molecule has 0 aliphatic carbocycles. The molecule has 0 bridgehead atoms. The van der Waals surface area contributed by atoms with Gasteiger partial charge in [-0.05, 0) is 61.0 Å². The van der Waals surface area contributed by atoms with Crippen molar-refractivity contribution in [1.29, 1.82) is 0 Å². The number of benzene rings is 2. The summed E-state index contributed by atoms with van der Waals surface area (Å²) in [6.07, 6.45) is 0.883. The van der Waals surface area contributed by atoms with Gasteiger partial charge in [0.15, 0.2) is 5.11 Å². The first kappa shape index (κ1) is 18.4. The molecule has 0 spiro atoms. The molecule has 1 amide bonds. The van der Waals surface area contributed by atoms with Crippen molar-refractivity contribution < 1.29 is 19.8 Å². The highest BCUT2D eigenvalue weighted by Gasteiger charge is 2.14. The van der Waals surface area contributed by atoms with Crippen molar-refractivity contribution in [2.45, 2.75) is 20.3 Å². The van der Waals surface area contributed by atoms with Crippen LogP contribution in [0.5, 0.6) is 5.75 Å². The number of anilines is 1. The van der Waals surface area contributed by atoms with Gasteiger partial charge >= 0.3 is 5.97 Å². The number of aromatic hydroxyl groups is 1. The van der Waals surface area contributed by atoms with E-state index in [9.17, 15) is 14.7 Å². The van der Waals surface area contributed by atoms with Crippen molar-refractivity contribution >= 4 is 34.9 Å². The maximum atomic E-state index is 12.2. The zero-order valence-electron chi connectivity index (χ0n) is 13.8. The Kier molecular flexibility index (Phi) is 5.71. The fraction of sp³-hybridized carbons (Fsp3) is 0.167. The molecule has 2 rings (SSSR count). The number of aryl methyl sites for hydroxylation is 2. The minimum absolute atomic E-state index is 0.0333. The second-order valence-corrected chi connectivity index (χ2v) is 5.86. The van der Waals surface area contributed by atoms with Crippen molar-refractivity contribution in [2.75, 3.05) is 5.32 Å². The summed E-state index contributed by atoms with van der Waals surface area (Å²) in [6.45, 7) is 3.60. The Morgan fingerprint density at radius 3 is 2.36 bits per heavy atom. The predicted octanol–water partition coefficient (Wildman–Crippen LogP) is 3.09. The summed E-state index contributed by atoms with van der Waals surface area (Å²) in [5.41, 5.74) is 2.09. The summed E-state index contributed by atoms with van der Waals surface area (Å²) in [5, 5.41) is 24.2. The van der Waals surface area contributed by atoms with Crippen LogP contribution in [0.2, 0.25) is 0 Å². The van der Waals surface area contributed by atoms with E-state index in [2.05, 4.69) is 10.6 Å². The van der Waals surface area contributed by atoms with Crippen LogP contribution < -0.4 is 10.6 Å². The molecule has 6 nitrogen and oxygen atoms in total. The Bertz CT molecular complexity index is 832. The molecule has 130 valence electrons. The van der Waals surface area contributed by atoms with Crippen molar-refractivity contribution in [1.82, 2.24) is 5.32 Å². The molecule has 4 N–H and O–H groups in total. The van der Waals surface area contributed by atoms with Gasteiger partial charge < -0.3 is 15.5 Å². The third-order valence-corrected chi connectivity index (χ3v) is 3.84. The Morgan fingerprint density at radius 2 is 1.80 bits per heavy atom. The van der Waals surface area contributed by atoms with Crippen LogP contribution in [0, 0.1) is 6.92 Å². The van der Waals surface area contributed by atoms with Crippen LogP contribution in [0.25, 0.3) is 0 Å². The van der Waals surface area contributed by atoms with Gasteiger partial charge in [-0.1, -0.05) is 19.1 Å². The highest BCUT2D eigenvalue weighted by molar-refractivity contribution is 7.80. The molecular weight excluding hydrogens is 340 g/mol. The fourth-order valence-corrected chi connectivity index (χ4v) is 2.45. The lowest BCUT2D eigenvalue weighted by Crippen LogP contribution is -2.34. The molecule has 0 saturated carbocycles. The summed E-state index contributed by atoms with van der Waals surface area (Å²) in [7, 11) is 0. The fourth-order valence-electron chi connectivity index (χ4n) is 2.24. The third kappa shape index (κ3) is 4.54. The maximum absolute atomic E-state index is 12.2. The van der Waals surface area contributed by atoms with E-state index >= 15 is 0 Å². The van der Waals surface area contributed by atoms with Crippen LogP contribution in [-0.2, 0) is 6.42 Å². The molecule has 0 radical (unpaired) electrons. The summed E-state index contributed by atoms with van der Waals surface area (Å²) < 4.78 is 0. The van der Waals surface area contributed by atoms with Gasteiger partial charge in [0.05, 0.1) is 0 Å². The lowest BCUT2D eigenvalue weighted by Gasteiger charge is -2.12. The number of rotatable bonds is 4. The number of carbonyl (C=O) groups excluding carboxylic acids is 1. The van der Waals surface area contributed by atoms with Gasteiger partial charge in [-0.15, -0.1) is 0 Å². The molecular formula is C18H18N2O4S. The van der Waals surface area contributed by atoms with Gasteiger partial charge in [0, 0.05) is 11.3 Å². The topological polar surface area (TPSA) is 98.7 Å². The maximum Gasteiger partial charge on any atom is 0.339 e. The Morgan fingerprint density at radius 1 is 1.16 bits per heavy atom. The molecule has 0 aromatic heterocycles. The molecule has 2 aromatic rings. The van der Waals surface area contributed by atoms with Gasteiger partial charge in [0.1, 0.15) is 11.3 Å². The minimum atomic E-state index is -1.25. The molecule has 0 aliphatic heterocycles. The smallest absolute Gasteiger partial charge is 0.339 e. The van der Waals surface area contributed by atoms with E-state index in [0.29, 0.717) is 16.8 Å². The van der Waals surface area contributed by atoms with Crippen LogP contribution in [0.3, 0.4) is 0 Å². The summed E-state index contributed by atoms with van der Waals surface area (Å²) >= 11 is 5.09. The zero-order chi connectivity index (χ0) is 18.6. The number of aromatic carboxylic acids is 1. The number of carboxylic acid groups (broad SMARTS) is 1. The van der Waals surface area contributed by atoms with Gasteiger partial charge in [-0.25, -0.2) is 4.79 Å². The average Bonchev–Trinajstić information content (AvgIpc) is 2.57. The lowest BCUT2D eigenvalue weighted by molar-refractivity contribution is 0.0693. The molecule has 0 saturated heterocycles. The molecule has 0 aliphatic rings. The summed E-state index contributed by atoms with van der Waals surface area (Å²) in [6, 6.07) is 9.95. The Hall–Kier alpha value is -2.93. The minimum Gasteiger partial charge on any atom is -0.507 e. The van der Waals surface area contributed by atoms with E-state index in [1.165, 1.54) is 12.1 Å². The van der Waals surface area contributed by atoms with Crippen molar-refractivity contribution in [3.05, 3.63) is 58.7 Å². The molecule has 0 atom stereocenters. The number of carbonyl (C=O) groups is 2. The number of carboxylic acids is 1. The molecule has 7 heteroatoms. The number of hydrogen-bond acceptors (Lipinski definition) is 4. The highest BCUT2D eigenvalue weighted by Crippen LogP contribution is 2.26. The first-order valence-electron chi connectivity index (χ1n) is 7.60. The Balaban J connectivity index is 2.09. The second kappa shape index (κ2) is 7.76. The molecule has 0 unspecified atom stereocenters. The molecule has 0 fully saturated rings. The number of hydrogen-bond donors (Lipinski definition) is 4. The van der Waals surface area contributed by atoms with E-state index in [4.69, 9.17) is 17.3 Å². The standard InChI is InChI=1S/C18H18N2O4S/c1-3-11-4-6-12(7-5-11)16(22)20-18(25)19-13-8-10(2)15(21)14(9-13)17(23)24/h4-9,21H,3H2,1-2H3,(H,23,24)(H2,19,20,22,25). The third-order valence-electron chi connectivity index (χ3n) is 3.64. The predicted molar refractivity (Wildman–Crippen MR) is 99.3 cm³/mol. The van der Waals surface area contributed by atoms with Crippen LogP contribution in [0.4, 0.5) is 5.69 Å². The van der Waals surface area contributed by atoms with Crippen LogP contribution >= 0.6 is 12.2 Å². The van der Waals surface area contributed by atoms with E-state index in [-0.39, 0.29) is 22.3 Å². The van der Waals surface area contributed by atoms with Gasteiger partial charge in [-0.3, -0.25) is 10.1 Å². The SMILES string of the molecule is CCc1ccc(C(=O)NC(=S)Nc2cc(C)c(O)c(C(=O)O)c2)cc1. The number of thiocarbonyl (C=S) groups is 1. The van der Waals surface area contributed by atoms with Crippen molar-refractivity contribution in [2.24, 2.45) is 0 Å². The summed E-state index contributed by atoms with van der Waals surface area (Å²) in [5.74, 6) is -1.92. The van der Waals surface area contributed by atoms with E-state index < -0.39 is 5.97 Å². The van der Waals surface area contributed by atoms with Crippen LogP contribution in [0.1, 0.15) is 38.8 Å². The molecule has 25 heavy (non-hydrogen) atoms. The van der Waals surface area contributed by atoms with Crippen molar-refractivity contribution in [3.63, 3.8) is 0 Å². The van der Waals surface area contributed by atoms with Gasteiger partial charge in [0.25, 0.3) is 5.91 Å². The quantitative estimate of drug-likeness (QED) is 0.495.